The average Bonchev–Trinajstić information content (AvgIpc) is 2.44. The molecule has 0 saturated heterocycles. The zero-order valence-corrected chi connectivity index (χ0v) is 12.5. The molecule has 0 aromatic heterocycles. The van der Waals surface area contributed by atoms with Gasteiger partial charge in [-0.05, 0) is 37.0 Å². The second kappa shape index (κ2) is 6.54. The van der Waals surface area contributed by atoms with E-state index in [4.69, 9.17) is 4.74 Å². The molecule has 0 aliphatic carbocycles. The first-order valence-corrected chi connectivity index (χ1v) is 7.53. The van der Waals surface area contributed by atoms with Crippen LogP contribution in [-0.4, -0.2) is 23.8 Å². The van der Waals surface area contributed by atoms with Crippen LogP contribution in [0.15, 0.2) is 47.1 Å². The number of hydrogen-bond donors (Lipinski definition) is 0. The molecule has 0 amide bonds. The molecule has 0 radical (unpaired) electrons. The van der Waals surface area contributed by atoms with E-state index in [0.717, 1.165) is 10.5 Å². The summed E-state index contributed by atoms with van der Waals surface area (Å²) in [7, 11) is 0. The topological polar surface area (TPSA) is 60.4 Å². The maximum absolute atomic E-state index is 12.0. The highest BCUT2D eigenvalue weighted by molar-refractivity contribution is 7.98. The van der Waals surface area contributed by atoms with Crippen LogP contribution in [0.5, 0.6) is 0 Å². The molecular formula is C16H14O4S. The van der Waals surface area contributed by atoms with Gasteiger partial charge in [-0.2, -0.15) is 0 Å². The first kappa shape index (κ1) is 15.3. The van der Waals surface area contributed by atoms with Crippen molar-refractivity contribution in [3.05, 3.63) is 47.7 Å². The lowest BCUT2D eigenvalue weighted by atomic mass is 9.96. The Bertz CT molecular complexity index is 641. The third kappa shape index (κ3) is 3.70. The van der Waals surface area contributed by atoms with Gasteiger partial charge in [0.15, 0.2) is 17.5 Å². The Morgan fingerprint density at radius 2 is 1.90 bits per heavy atom. The van der Waals surface area contributed by atoms with Crippen molar-refractivity contribution in [1.29, 1.82) is 0 Å². The minimum atomic E-state index is -1.38. The lowest BCUT2D eigenvalue weighted by Crippen LogP contribution is -2.34. The zero-order chi connectivity index (χ0) is 15.4. The summed E-state index contributed by atoms with van der Waals surface area (Å²) in [5, 5.41) is 0. The first-order chi connectivity index (χ1) is 10.0. The average molecular weight is 302 g/mol. The molecule has 1 unspecified atom stereocenters. The van der Waals surface area contributed by atoms with E-state index in [9.17, 15) is 14.4 Å². The van der Waals surface area contributed by atoms with Crippen molar-refractivity contribution in [3.63, 3.8) is 0 Å². The Morgan fingerprint density at radius 3 is 2.48 bits per heavy atom. The van der Waals surface area contributed by atoms with Crippen LogP contribution in [0.2, 0.25) is 0 Å². The summed E-state index contributed by atoms with van der Waals surface area (Å²) in [5.74, 6) is -3.08. The van der Waals surface area contributed by atoms with Crippen LogP contribution in [0.4, 0.5) is 0 Å². The Hall–Kier alpha value is -2.14. The smallest absolute Gasteiger partial charge is 0.329 e. The van der Waals surface area contributed by atoms with Crippen molar-refractivity contribution in [2.24, 2.45) is 5.92 Å². The van der Waals surface area contributed by atoms with Crippen molar-refractivity contribution in [3.8, 4) is 0 Å². The van der Waals surface area contributed by atoms with Gasteiger partial charge in [-0.1, -0.05) is 18.2 Å². The van der Waals surface area contributed by atoms with E-state index in [0.29, 0.717) is 0 Å². The van der Waals surface area contributed by atoms with Crippen LogP contribution >= 0.6 is 11.8 Å². The van der Waals surface area contributed by atoms with Crippen LogP contribution < -0.4 is 0 Å². The SMILES string of the molecule is CSc1ccc(/C=C/C(=O)C2C(=O)C=C(C)OC2=O)cc1. The molecule has 21 heavy (non-hydrogen) atoms. The molecule has 1 aliphatic rings. The fraction of sp³-hybridized carbons (Fsp3) is 0.188. The Balaban J connectivity index is 2.11. The number of rotatable bonds is 4. The van der Waals surface area contributed by atoms with E-state index in [1.165, 1.54) is 19.1 Å². The minimum Gasteiger partial charge on any atom is -0.430 e. The predicted molar refractivity (Wildman–Crippen MR) is 80.6 cm³/mol. The molecule has 1 heterocycles. The quantitative estimate of drug-likeness (QED) is 0.370. The van der Waals surface area contributed by atoms with Gasteiger partial charge in [0.1, 0.15) is 5.76 Å². The number of ether oxygens (including phenoxy) is 1. The van der Waals surface area contributed by atoms with Gasteiger partial charge >= 0.3 is 5.97 Å². The molecule has 0 spiro atoms. The first-order valence-electron chi connectivity index (χ1n) is 6.31. The molecule has 4 nitrogen and oxygen atoms in total. The monoisotopic (exact) mass is 302 g/mol. The fourth-order valence-electron chi connectivity index (χ4n) is 1.89. The van der Waals surface area contributed by atoms with E-state index in [-0.39, 0.29) is 5.76 Å². The maximum Gasteiger partial charge on any atom is 0.329 e. The molecular weight excluding hydrogens is 288 g/mol. The van der Waals surface area contributed by atoms with E-state index in [1.54, 1.807) is 17.8 Å². The van der Waals surface area contributed by atoms with E-state index < -0.39 is 23.5 Å². The molecule has 5 heteroatoms. The molecule has 1 aliphatic heterocycles. The van der Waals surface area contributed by atoms with Crippen LogP contribution in [0.1, 0.15) is 12.5 Å². The second-order valence-corrected chi connectivity index (χ2v) is 5.40. The standard InChI is InChI=1S/C16H14O4S/c1-10-9-14(18)15(16(19)20-10)13(17)8-5-11-3-6-12(21-2)7-4-11/h3-9,15H,1-2H3/b8-5+. The highest BCUT2D eigenvalue weighted by Gasteiger charge is 2.36. The van der Waals surface area contributed by atoms with Crippen molar-refractivity contribution in [2.75, 3.05) is 6.26 Å². The summed E-state index contributed by atoms with van der Waals surface area (Å²) in [6.45, 7) is 1.50. The zero-order valence-electron chi connectivity index (χ0n) is 11.7. The molecule has 0 saturated carbocycles. The van der Waals surface area contributed by atoms with Crippen LogP contribution in [0, 0.1) is 5.92 Å². The van der Waals surface area contributed by atoms with Gasteiger partial charge in [-0.25, -0.2) is 0 Å². The number of cyclic esters (lactones) is 1. The van der Waals surface area contributed by atoms with Gasteiger partial charge in [-0.15, -0.1) is 11.8 Å². The molecule has 0 N–H and O–H groups in total. The highest BCUT2D eigenvalue weighted by Crippen LogP contribution is 2.18. The van der Waals surface area contributed by atoms with Gasteiger partial charge in [0, 0.05) is 11.0 Å². The fourth-order valence-corrected chi connectivity index (χ4v) is 2.30. The van der Waals surface area contributed by atoms with Crippen molar-refractivity contribution in [1.82, 2.24) is 0 Å². The summed E-state index contributed by atoms with van der Waals surface area (Å²) in [6, 6.07) is 7.59. The second-order valence-electron chi connectivity index (χ2n) is 4.52. The maximum atomic E-state index is 12.0. The van der Waals surface area contributed by atoms with E-state index in [2.05, 4.69) is 0 Å². The van der Waals surface area contributed by atoms with Crippen LogP contribution in [-0.2, 0) is 19.1 Å². The van der Waals surface area contributed by atoms with E-state index >= 15 is 0 Å². The number of thioether (sulfide) groups is 1. The van der Waals surface area contributed by atoms with Gasteiger partial charge in [0.2, 0.25) is 0 Å². The van der Waals surface area contributed by atoms with E-state index in [1.807, 2.05) is 30.5 Å². The number of ketones is 2. The number of hydrogen-bond acceptors (Lipinski definition) is 5. The number of benzene rings is 1. The molecule has 0 fully saturated rings. The molecule has 1 atom stereocenters. The Kier molecular flexibility index (Phi) is 4.75. The Morgan fingerprint density at radius 1 is 1.24 bits per heavy atom. The summed E-state index contributed by atoms with van der Waals surface area (Å²) < 4.78 is 4.82. The molecule has 108 valence electrons. The predicted octanol–water partition coefficient (Wildman–Crippen LogP) is 2.64. The minimum absolute atomic E-state index is 0.214. The van der Waals surface area contributed by atoms with Gasteiger partial charge in [-0.3, -0.25) is 14.4 Å². The highest BCUT2D eigenvalue weighted by atomic mass is 32.2. The van der Waals surface area contributed by atoms with Crippen LogP contribution in [0.25, 0.3) is 6.08 Å². The normalized spacial score (nSPS) is 18.6. The Labute approximate surface area is 126 Å². The van der Waals surface area contributed by atoms with Crippen molar-refractivity contribution < 1.29 is 19.1 Å². The molecule has 1 aromatic carbocycles. The van der Waals surface area contributed by atoms with Crippen molar-refractivity contribution >= 4 is 35.4 Å². The van der Waals surface area contributed by atoms with Gasteiger partial charge in [0.25, 0.3) is 0 Å². The lowest BCUT2D eigenvalue weighted by Gasteiger charge is -2.15. The number of allylic oxidation sites excluding steroid dienone is 3. The van der Waals surface area contributed by atoms with Crippen molar-refractivity contribution in [2.45, 2.75) is 11.8 Å². The number of esters is 1. The largest absolute Gasteiger partial charge is 0.430 e. The number of carbonyl (C=O) groups excluding carboxylic acids is 3. The summed E-state index contributed by atoms with van der Waals surface area (Å²) >= 11 is 1.62. The lowest BCUT2D eigenvalue weighted by molar-refractivity contribution is -0.151. The third-order valence-electron chi connectivity index (χ3n) is 2.97. The third-order valence-corrected chi connectivity index (χ3v) is 3.71. The van der Waals surface area contributed by atoms with Crippen LogP contribution in [0.3, 0.4) is 0 Å². The summed E-state index contributed by atoms with van der Waals surface area (Å²) in [5.41, 5.74) is 0.824. The van der Waals surface area contributed by atoms with Gasteiger partial charge < -0.3 is 4.74 Å². The van der Waals surface area contributed by atoms with Gasteiger partial charge in [0.05, 0.1) is 0 Å². The number of carbonyl (C=O) groups is 3. The summed E-state index contributed by atoms with van der Waals surface area (Å²) in [4.78, 5) is 36.4. The molecule has 0 bridgehead atoms. The molecule has 1 aromatic rings. The molecule has 2 rings (SSSR count). The summed E-state index contributed by atoms with van der Waals surface area (Å²) in [6.07, 6.45) is 5.97.